The van der Waals surface area contributed by atoms with Crippen LogP contribution in [-0.4, -0.2) is 67.8 Å². The van der Waals surface area contributed by atoms with Crippen molar-refractivity contribution in [1.82, 2.24) is 14.9 Å². The van der Waals surface area contributed by atoms with Crippen LogP contribution in [0.3, 0.4) is 0 Å². The van der Waals surface area contributed by atoms with Crippen LogP contribution in [0.25, 0.3) is 21.9 Å². The number of likely N-dealkylation sites (N-methyl/N-ethyl adjacent to an activating group) is 1. The van der Waals surface area contributed by atoms with E-state index in [1.54, 1.807) is 37.4 Å². The second-order valence-corrected chi connectivity index (χ2v) is 11.0. The number of hydrogen-bond acceptors (Lipinski definition) is 7. The lowest BCUT2D eigenvalue weighted by atomic mass is 10.00. The second-order valence-electron chi connectivity index (χ2n) is 8.74. The Bertz CT molecular complexity index is 1410. The molecule has 0 fully saturated rings. The minimum absolute atomic E-state index is 0.0450. The second kappa shape index (κ2) is 14.1. The third kappa shape index (κ3) is 7.94. The minimum Gasteiger partial charge on any atom is -0.383 e. The summed E-state index contributed by atoms with van der Waals surface area (Å²) in [6.07, 6.45) is 2.20. The number of fused-ring (bicyclic) bond motifs is 1. The van der Waals surface area contributed by atoms with Crippen molar-refractivity contribution in [3.63, 3.8) is 0 Å². The van der Waals surface area contributed by atoms with Crippen molar-refractivity contribution in [2.45, 2.75) is 38.6 Å². The van der Waals surface area contributed by atoms with Gasteiger partial charge in [-0.2, -0.15) is 0 Å². The van der Waals surface area contributed by atoms with Crippen LogP contribution in [0.4, 0.5) is 4.39 Å². The van der Waals surface area contributed by atoms with Crippen LogP contribution < -0.4 is 11.0 Å². The van der Waals surface area contributed by atoms with Gasteiger partial charge in [0.15, 0.2) is 9.84 Å². The fourth-order valence-corrected chi connectivity index (χ4v) is 5.00. The maximum absolute atomic E-state index is 14.9. The lowest BCUT2D eigenvalue weighted by Crippen LogP contribution is -2.39. The molecule has 11 heteroatoms. The number of pyridine rings is 1. The van der Waals surface area contributed by atoms with Gasteiger partial charge in [0.2, 0.25) is 0 Å². The molecule has 2 N–H and O–H groups in total. The van der Waals surface area contributed by atoms with Crippen molar-refractivity contribution in [2.24, 2.45) is 0 Å². The van der Waals surface area contributed by atoms with Crippen molar-refractivity contribution in [2.75, 3.05) is 33.6 Å². The van der Waals surface area contributed by atoms with E-state index < -0.39 is 21.0 Å². The number of aromatic nitrogens is 1. The van der Waals surface area contributed by atoms with Crippen LogP contribution in [0, 0.1) is 5.82 Å². The van der Waals surface area contributed by atoms with Crippen LogP contribution in [-0.2, 0) is 32.5 Å². The maximum atomic E-state index is 14.9. The number of rotatable bonds is 11. The first kappa shape index (κ1) is 31.1. The zero-order valence-electron chi connectivity index (χ0n) is 22.4. The fourth-order valence-electron chi connectivity index (χ4n) is 4.03. The molecule has 0 saturated carbocycles. The molecule has 2 aromatic carbocycles. The Morgan fingerprint density at radius 2 is 1.89 bits per heavy atom. The Kier molecular flexibility index (Phi) is 11.6. The number of nitrogens with one attached hydrogen (secondary N) is 1. The Morgan fingerprint density at radius 3 is 2.50 bits per heavy atom. The molecular weight excluding hydrogens is 513 g/mol. The molecule has 3 aromatic rings. The van der Waals surface area contributed by atoms with Crippen molar-refractivity contribution >= 4 is 26.5 Å². The van der Waals surface area contributed by atoms with Gasteiger partial charge < -0.3 is 9.30 Å². The molecule has 3 rings (SSSR count). The molecule has 9 nitrogen and oxygen atoms in total. The number of methoxy groups -OCH3 is 1. The number of halogens is 1. The maximum Gasteiger partial charge on any atom is 0.261 e. The topological polar surface area (TPSA) is 118 Å². The van der Waals surface area contributed by atoms with E-state index in [2.05, 4.69) is 0 Å². The molecule has 208 valence electrons. The van der Waals surface area contributed by atoms with E-state index in [0.29, 0.717) is 35.1 Å². The summed E-state index contributed by atoms with van der Waals surface area (Å²) < 4.78 is 45.0. The number of hydrogen-bond donors (Lipinski definition) is 2. The van der Waals surface area contributed by atoms with E-state index in [-0.39, 0.29) is 24.3 Å². The summed E-state index contributed by atoms with van der Waals surface area (Å²) in [5, 5.41) is 8.31. The average molecular weight is 550 g/mol. The van der Waals surface area contributed by atoms with Crippen LogP contribution in [0.1, 0.15) is 25.8 Å². The van der Waals surface area contributed by atoms with Crippen molar-refractivity contribution in [3.05, 3.63) is 70.4 Å². The van der Waals surface area contributed by atoms with Crippen LogP contribution >= 0.6 is 0 Å². The summed E-state index contributed by atoms with van der Waals surface area (Å²) in [6, 6.07) is 11.8. The molecule has 0 aliphatic heterocycles. The van der Waals surface area contributed by atoms with Gasteiger partial charge >= 0.3 is 0 Å². The summed E-state index contributed by atoms with van der Waals surface area (Å²) in [7, 11) is -0.220. The van der Waals surface area contributed by atoms with E-state index in [4.69, 9.17) is 9.94 Å². The van der Waals surface area contributed by atoms with Gasteiger partial charge in [0, 0.05) is 50.1 Å². The fraction of sp³-hybridized carbons (Fsp3) is 0.407. The Labute approximate surface area is 222 Å². The van der Waals surface area contributed by atoms with Gasteiger partial charge in [-0.3, -0.25) is 19.7 Å². The van der Waals surface area contributed by atoms with E-state index in [1.807, 2.05) is 31.9 Å². The van der Waals surface area contributed by atoms with Gasteiger partial charge in [-0.1, -0.05) is 32.0 Å². The molecule has 1 unspecified atom stereocenters. The summed E-state index contributed by atoms with van der Waals surface area (Å²) in [4.78, 5) is 26.7. The number of ether oxygens (including phenoxy) is 1. The molecule has 1 amide bonds. The number of benzene rings is 2. The highest BCUT2D eigenvalue weighted by Gasteiger charge is 2.28. The molecule has 1 atom stereocenters. The summed E-state index contributed by atoms with van der Waals surface area (Å²) in [6.45, 7) is 5.85. The van der Waals surface area contributed by atoms with E-state index >= 15 is 0 Å². The Balaban J connectivity index is 0.00000247. The molecule has 0 saturated heterocycles. The minimum atomic E-state index is -3.79. The van der Waals surface area contributed by atoms with Gasteiger partial charge in [0.25, 0.3) is 11.5 Å². The zero-order valence-corrected chi connectivity index (χ0v) is 23.2. The molecule has 0 bridgehead atoms. The highest BCUT2D eigenvalue weighted by Crippen LogP contribution is 2.27. The number of aryl methyl sites for hydroxylation is 1. The first-order chi connectivity index (χ1) is 18.0. The molecule has 0 radical (unpaired) electrons. The highest BCUT2D eigenvalue weighted by atomic mass is 32.2. The van der Waals surface area contributed by atoms with Crippen LogP contribution in [0.2, 0.25) is 0 Å². The van der Waals surface area contributed by atoms with Crippen LogP contribution in [0.15, 0.2) is 53.5 Å². The predicted octanol–water partition coefficient (Wildman–Crippen LogP) is 3.22. The van der Waals surface area contributed by atoms with Gasteiger partial charge in [-0.25, -0.2) is 18.3 Å². The summed E-state index contributed by atoms with van der Waals surface area (Å²) >= 11 is 0. The third-order valence-electron chi connectivity index (χ3n) is 6.00. The first-order valence-corrected chi connectivity index (χ1v) is 14.2. The predicted molar refractivity (Wildman–Crippen MR) is 146 cm³/mol. The highest BCUT2D eigenvalue weighted by molar-refractivity contribution is 7.92. The first-order valence-electron chi connectivity index (χ1n) is 12.3. The number of hydroxylamine groups is 1. The molecule has 0 aliphatic rings. The van der Waals surface area contributed by atoms with Gasteiger partial charge in [0.1, 0.15) is 11.1 Å². The standard InChI is InChI=1S/C25H30FN3O6S.C2H6/c1-28(12-13-35-2)16-17-4-6-20(22(26)14-17)18-5-7-21-19(15-18)8-10-29(25(21)31)11-9-23(24(30)27-32)36(3,33)34;1-2/h4-8,10,14-15,23,32H,9,11-13,16H2,1-3H3,(H,27,30);1-2H3. The average Bonchev–Trinajstić information content (AvgIpc) is 2.89. The van der Waals surface area contributed by atoms with Crippen LogP contribution in [0.5, 0.6) is 0 Å². The van der Waals surface area contributed by atoms with Crippen molar-refractivity contribution in [1.29, 1.82) is 0 Å². The number of carbonyl (C=O) groups excluding carboxylic acids is 1. The third-order valence-corrected chi connectivity index (χ3v) is 7.49. The van der Waals surface area contributed by atoms with E-state index in [9.17, 15) is 22.4 Å². The molecule has 1 heterocycles. The lowest BCUT2D eigenvalue weighted by Gasteiger charge is -2.16. The van der Waals surface area contributed by atoms with E-state index in [1.165, 1.54) is 22.3 Å². The van der Waals surface area contributed by atoms with Crippen molar-refractivity contribution < 1.29 is 27.5 Å². The SMILES string of the molecule is CC.COCCN(C)Cc1ccc(-c2ccc3c(=O)n(CCC(C(=O)NO)S(C)(=O)=O)ccc3c2)c(F)c1. The lowest BCUT2D eigenvalue weighted by molar-refractivity contribution is -0.128. The monoisotopic (exact) mass is 549 g/mol. The number of nitrogens with zero attached hydrogens (tertiary/aromatic N) is 2. The number of amides is 1. The number of sulfone groups is 1. The summed E-state index contributed by atoms with van der Waals surface area (Å²) in [5.74, 6) is -1.42. The smallest absolute Gasteiger partial charge is 0.261 e. The normalized spacial score (nSPS) is 12.2. The van der Waals surface area contributed by atoms with Gasteiger partial charge in [-0.05, 0) is 54.2 Å². The largest absolute Gasteiger partial charge is 0.383 e. The summed E-state index contributed by atoms with van der Waals surface area (Å²) in [5.41, 5.74) is 2.85. The zero-order chi connectivity index (χ0) is 28.5. The van der Waals surface area contributed by atoms with Gasteiger partial charge in [-0.15, -0.1) is 0 Å². The van der Waals surface area contributed by atoms with Gasteiger partial charge in [0.05, 0.1) is 6.61 Å². The number of carbonyl (C=O) groups is 1. The molecule has 38 heavy (non-hydrogen) atoms. The molecule has 1 aromatic heterocycles. The molecular formula is C27H36FN3O6S. The molecule has 0 aliphatic carbocycles. The van der Waals surface area contributed by atoms with Crippen molar-refractivity contribution in [3.8, 4) is 11.1 Å². The molecule has 0 spiro atoms. The van der Waals surface area contributed by atoms with E-state index in [0.717, 1.165) is 18.4 Å². The Morgan fingerprint density at radius 1 is 1.18 bits per heavy atom. The quantitative estimate of drug-likeness (QED) is 0.279. The Hall–Kier alpha value is -3.12.